The predicted molar refractivity (Wildman–Crippen MR) is 89.2 cm³/mol. The third-order valence-electron chi connectivity index (χ3n) is 3.57. The van der Waals surface area contributed by atoms with Crippen LogP contribution >= 0.6 is 0 Å². The number of nitrogens with zero attached hydrogens (tertiary/aromatic N) is 2. The summed E-state index contributed by atoms with van der Waals surface area (Å²) in [7, 11) is -3.46. The van der Waals surface area contributed by atoms with Crippen LogP contribution in [0.4, 0.5) is 0 Å². The Bertz CT molecular complexity index is 885. The molecule has 0 bridgehead atoms. The zero-order valence-electron chi connectivity index (χ0n) is 12.5. The molecule has 0 saturated carbocycles. The number of aromatic nitrogens is 2. The molecule has 3 aromatic rings. The lowest BCUT2D eigenvalue weighted by molar-refractivity contribution is 0.584. The van der Waals surface area contributed by atoms with Crippen LogP contribution in [0, 0.1) is 0 Å². The number of benzene rings is 2. The highest BCUT2D eigenvalue weighted by Crippen LogP contribution is 2.20. The molecule has 0 aliphatic carbocycles. The summed E-state index contributed by atoms with van der Waals surface area (Å²) in [5.74, 6) is 0.479. The van der Waals surface area contributed by atoms with Crippen molar-refractivity contribution >= 4 is 9.84 Å². The van der Waals surface area contributed by atoms with E-state index in [0.29, 0.717) is 12.4 Å². The van der Waals surface area contributed by atoms with Gasteiger partial charge >= 0.3 is 0 Å². The maximum Gasteiger partial charge on any atom is 0.196 e. The van der Waals surface area contributed by atoms with Crippen molar-refractivity contribution in [3.8, 4) is 11.4 Å². The molecule has 0 unspecified atom stereocenters. The van der Waals surface area contributed by atoms with Gasteiger partial charge in [-0.25, -0.2) is 13.4 Å². The highest BCUT2D eigenvalue weighted by molar-refractivity contribution is 7.90. The minimum atomic E-state index is -3.46. The first-order valence-corrected chi connectivity index (χ1v) is 8.84. The molecule has 0 aliphatic heterocycles. The largest absolute Gasteiger partial charge is 0.326 e. The molecule has 1 heterocycles. The van der Waals surface area contributed by atoms with E-state index in [9.17, 15) is 8.42 Å². The van der Waals surface area contributed by atoms with Gasteiger partial charge in [0.1, 0.15) is 11.7 Å². The molecule has 0 aliphatic rings. The summed E-state index contributed by atoms with van der Waals surface area (Å²) >= 11 is 0. The van der Waals surface area contributed by atoms with Crippen LogP contribution in [0.2, 0.25) is 0 Å². The zero-order valence-corrected chi connectivity index (χ0v) is 13.3. The minimum Gasteiger partial charge on any atom is -0.326 e. The molecule has 1 aromatic heterocycles. The van der Waals surface area contributed by atoms with Crippen molar-refractivity contribution in [1.82, 2.24) is 9.55 Å². The Kier molecular flexibility index (Phi) is 4.27. The van der Waals surface area contributed by atoms with Crippen LogP contribution in [0.1, 0.15) is 5.56 Å². The van der Waals surface area contributed by atoms with Crippen LogP contribution in [0.3, 0.4) is 0 Å². The van der Waals surface area contributed by atoms with Gasteiger partial charge in [-0.15, -0.1) is 0 Å². The van der Waals surface area contributed by atoms with Gasteiger partial charge in [0.25, 0.3) is 0 Å². The van der Waals surface area contributed by atoms with E-state index in [1.807, 2.05) is 30.3 Å². The normalized spacial score (nSPS) is 11.5. The Labute approximate surface area is 135 Å². The molecule has 5 nitrogen and oxygen atoms in total. The third-order valence-corrected chi connectivity index (χ3v) is 5.18. The SMILES string of the molecule is NCc1ccc(S(=O)(=O)Cn2ccnc2-c2ccccc2)cc1. The molecule has 23 heavy (non-hydrogen) atoms. The van der Waals surface area contributed by atoms with E-state index in [1.165, 1.54) is 0 Å². The van der Waals surface area contributed by atoms with E-state index >= 15 is 0 Å². The first-order chi connectivity index (χ1) is 11.1. The van der Waals surface area contributed by atoms with Gasteiger partial charge in [0.15, 0.2) is 9.84 Å². The maximum atomic E-state index is 12.6. The van der Waals surface area contributed by atoms with Gasteiger partial charge in [0.2, 0.25) is 0 Å². The summed E-state index contributed by atoms with van der Waals surface area (Å²) in [6, 6.07) is 16.2. The monoisotopic (exact) mass is 327 g/mol. The van der Waals surface area contributed by atoms with E-state index in [4.69, 9.17) is 5.73 Å². The fraction of sp³-hybridized carbons (Fsp3) is 0.118. The number of hydrogen-bond donors (Lipinski definition) is 1. The molecule has 3 rings (SSSR count). The van der Waals surface area contributed by atoms with Gasteiger partial charge in [-0.2, -0.15) is 0 Å². The van der Waals surface area contributed by atoms with E-state index < -0.39 is 9.84 Å². The van der Waals surface area contributed by atoms with Gasteiger partial charge in [0.05, 0.1) is 4.90 Å². The molecular weight excluding hydrogens is 310 g/mol. The molecule has 118 valence electrons. The fourth-order valence-corrected chi connectivity index (χ4v) is 3.63. The molecule has 0 atom stereocenters. The van der Waals surface area contributed by atoms with Crippen LogP contribution in [0.15, 0.2) is 71.9 Å². The third kappa shape index (κ3) is 3.33. The number of rotatable bonds is 5. The summed E-state index contributed by atoms with van der Waals surface area (Å²) in [5, 5.41) is 0. The van der Waals surface area contributed by atoms with E-state index in [0.717, 1.165) is 11.1 Å². The lowest BCUT2D eigenvalue weighted by Gasteiger charge is -2.09. The highest BCUT2D eigenvalue weighted by Gasteiger charge is 2.17. The maximum absolute atomic E-state index is 12.6. The topological polar surface area (TPSA) is 78.0 Å². The lowest BCUT2D eigenvalue weighted by atomic mass is 10.2. The molecule has 2 N–H and O–H groups in total. The summed E-state index contributed by atoms with van der Waals surface area (Å²) in [6.07, 6.45) is 3.28. The van der Waals surface area contributed by atoms with Crippen molar-refractivity contribution in [3.05, 3.63) is 72.6 Å². The van der Waals surface area contributed by atoms with Crippen LogP contribution in [-0.4, -0.2) is 18.0 Å². The van der Waals surface area contributed by atoms with Crippen LogP contribution in [-0.2, 0) is 22.3 Å². The second-order valence-corrected chi connectivity index (χ2v) is 7.14. The van der Waals surface area contributed by atoms with Crippen molar-refractivity contribution in [2.45, 2.75) is 17.3 Å². The quantitative estimate of drug-likeness (QED) is 0.781. The summed E-state index contributed by atoms with van der Waals surface area (Å²) in [6.45, 7) is 0.389. The molecule has 2 aromatic carbocycles. The van der Waals surface area contributed by atoms with Gasteiger partial charge < -0.3 is 10.3 Å². The van der Waals surface area contributed by atoms with E-state index in [2.05, 4.69) is 4.98 Å². The van der Waals surface area contributed by atoms with Crippen molar-refractivity contribution in [3.63, 3.8) is 0 Å². The summed E-state index contributed by atoms with van der Waals surface area (Å²) < 4.78 is 26.8. The average Bonchev–Trinajstić information content (AvgIpc) is 3.03. The molecule has 0 amide bonds. The Morgan fingerprint density at radius 3 is 2.35 bits per heavy atom. The molecule has 0 fully saturated rings. The Morgan fingerprint density at radius 1 is 1.00 bits per heavy atom. The molecule has 0 saturated heterocycles. The molecule has 6 heteroatoms. The minimum absolute atomic E-state index is 0.154. The Hall–Kier alpha value is -2.44. The summed E-state index contributed by atoms with van der Waals surface area (Å²) in [5.41, 5.74) is 7.32. The fourth-order valence-electron chi connectivity index (χ4n) is 2.35. The number of imidazole rings is 1. The molecule has 0 radical (unpaired) electrons. The smallest absolute Gasteiger partial charge is 0.196 e. The first-order valence-electron chi connectivity index (χ1n) is 7.18. The van der Waals surface area contributed by atoms with E-state index in [-0.39, 0.29) is 10.8 Å². The van der Waals surface area contributed by atoms with E-state index in [1.54, 1.807) is 41.2 Å². The Morgan fingerprint density at radius 2 is 1.70 bits per heavy atom. The Balaban J connectivity index is 1.91. The van der Waals surface area contributed by atoms with Crippen LogP contribution in [0.5, 0.6) is 0 Å². The van der Waals surface area contributed by atoms with Crippen molar-refractivity contribution in [2.24, 2.45) is 5.73 Å². The van der Waals surface area contributed by atoms with Crippen LogP contribution in [0.25, 0.3) is 11.4 Å². The van der Waals surface area contributed by atoms with Crippen molar-refractivity contribution in [1.29, 1.82) is 0 Å². The lowest BCUT2D eigenvalue weighted by Crippen LogP contribution is -2.12. The van der Waals surface area contributed by atoms with Crippen molar-refractivity contribution < 1.29 is 8.42 Å². The molecular formula is C17H17N3O2S. The van der Waals surface area contributed by atoms with Gasteiger partial charge in [-0.3, -0.25) is 0 Å². The van der Waals surface area contributed by atoms with Gasteiger partial charge in [0, 0.05) is 24.5 Å². The van der Waals surface area contributed by atoms with Crippen LogP contribution < -0.4 is 5.73 Å². The van der Waals surface area contributed by atoms with Crippen molar-refractivity contribution in [2.75, 3.05) is 0 Å². The van der Waals surface area contributed by atoms with Gasteiger partial charge in [-0.1, -0.05) is 42.5 Å². The zero-order chi connectivity index (χ0) is 16.3. The summed E-state index contributed by atoms with van der Waals surface area (Å²) in [4.78, 5) is 4.55. The number of nitrogens with two attached hydrogens (primary N) is 1. The first kappa shape index (κ1) is 15.5. The highest BCUT2D eigenvalue weighted by atomic mass is 32.2. The number of sulfone groups is 1. The average molecular weight is 327 g/mol. The number of hydrogen-bond acceptors (Lipinski definition) is 4. The molecule has 0 spiro atoms. The van der Waals surface area contributed by atoms with Gasteiger partial charge in [-0.05, 0) is 17.7 Å². The second-order valence-electron chi connectivity index (χ2n) is 5.18. The predicted octanol–water partition coefficient (Wildman–Crippen LogP) is 2.44. The standard InChI is InChI=1S/C17H17N3O2S/c18-12-14-6-8-16(9-7-14)23(21,22)13-20-11-10-19-17(20)15-4-2-1-3-5-15/h1-11H,12-13,18H2. The second kappa shape index (κ2) is 6.36.